The van der Waals surface area contributed by atoms with Crippen LogP contribution in [0.15, 0.2) is 18.2 Å². The van der Waals surface area contributed by atoms with Crippen molar-refractivity contribution in [3.8, 4) is 0 Å². The van der Waals surface area contributed by atoms with E-state index in [9.17, 15) is 9.59 Å². The van der Waals surface area contributed by atoms with Gasteiger partial charge in [-0.1, -0.05) is 0 Å². The summed E-state index contributed by atoms with van der Waals surface area (Å²) < 4.78 is 0. The minimum Gasteiger partial charge on any atom is -0.480 e. The third kappa shape index (κ3) is 2.75. The molecule has 1 aromatic rings. The SMILES string of the molecule is O=C(O)CNC(=O)c1ccc2c(c1)CCCN2. The number of hydrogen-bond acceptors (Lipinski definition) is 3. The lowest BCUT2D eigenvalue weighted by atomic mass is 10.0. The molecular formula is C12H14N2O3. The van der Waals surface area contributed by atoms with Crippen LogP contribution in [0.1, 0.15) is 22.3 Å². The molecule has 0 saturated heterocycles. The zero-order chi connectivity index (χ0) is 12.3. The number of carboxylic acids is 1. The average Bonchev–Trinajstić information content (AvgIpc) is 2.35. The number of hydrogen-bond donors (Lipinski definition) is 3. The highest BCUT2D eigenvalue weighted by molar-refractivity contribution is 5.96. The van der Waals surface area contributed by atoms with Crippen molar-refractivity contribution in [3.05, 3.63) is 29.3 Å². The Kier molecular flexibility index (Phi) is 3.27. The summed E-state index contributed by atoms with van der Waals surface area (Å²) in [5.74, 6) is -1.39. The molecule has 0 aromatic heterocycles. The van der Waals surface area contributed by atoms with Crippen LogP contribution in [0.3, 0.4) is 0 Å². The molecule has 0 atom stereocenters. The number of benzene rings is 1. The van der Waals surface area contributed by atoms with E-state index in [0.29, 0.717) is 5.56 Å². The Balaban J connectivity index is 2.11. The van der Waals surface area contributed by atoms with E-state index in [1.165, 1.54) is 0 Å². The standard InChI is InChI=1S/C12H14N2O3/c15-11(16)7-14-12(17)9-3-4-10-8(6-9)2-1-5-13-10/h3-4,6,13H,1-2,5,7H2,(H,14,17)(H,15,16). The summed E-state index contributed by atoms with van der Waals surface area (Å²) in [4.78, 5) is 22.0. The van der Waals surface area contributed by atoms with Crippen molar-refractivity contribution in [1.82, 2.24) is 5.32 Å². The van der Waals surface area contributed by atoms with Gasteiger partial charge in [0.2, 0.25) is 0 Å². The highest BCUT2D eigenvalue weighted by Gasteiger charge is 2.12. The fourth-order valence-corrected chi connectivity index (χ4v) is 1.87. The third-order valence-corrected chi connectivity index (χ3v) is 2.71. The van der Waals surface area contributed by atoms with Gasteiger partial charge in [-0.25, -0.2) is 0 Å². The lowest BCUT2D eigenvalue weighted by Gasteiger charge is -2.18. The molecule has 0 spiro atoms. The molecule has 0 bridgehead atoms. The second-order valence-corrected chi connectivity index (χ2v) is 3.98. The molecule has 0 radical (unpaired) electrons. The van der Waals surface area contributed by atoms with Gasteiger partial charge in [-0.2, -0.15) is 0 Å². The van der Waals surface area contributed by atoms with Gasteiger partial charge in [-0.15, -0.1) is 0 Å². The number of carbonyl (C=O) groups excluding carboxylic acids is 1. The molecule has 1 amide bonds. The van der Waals surface area contributed by atoms with Crippen LogP contribution in [0.5, 0.6) is 0 Å². The molecule has 1 aromatic carbocycles. The van der Waals surface area contributed by atoms with Gasteiger partial charge in [0.1, 0.15) is 6.54 Å². The van der Waals surface area contributed by atoms with Gasteiger partial charge in [0, 0.05) is 17.8 Å². The van der Waals surface area contributed by atoms with Crippen molar-refractivity contribution in [2.45, 2.75) is 12.8 Å². The zero-order valence-corrected chi connectivity index (χ0v) is 9.32. The molecule has 1 heterocycles. The summed E-state index contributed by atoms with van der Waals surface area (Å²) in [5, 5.41) is 14.1. The molecule has 1 aliphatic heterocycles. The van der Waals surface area contributed by atoms with Gasteiger partial charge in [0.25, 0.3) is 5.91 Å². The largest absolute Gasteiger partial charge is 0.480 e. The normalized spacial score (nSPS) is 13.4. The Morgan fingerprint density at radius 1 is 1.41 bits per heavy atom. The topological polar surface area (TPSA) is 78.4 Å². The van der Waals surface area contributed by atoms with Crippen LogP contribution in [0.25, 0.3) is 0 Å². The summed E-state index contributed by atoms with van der Waals surface area (Å²) in [7, 11) is 0. The molecule has 0 unspecified atom stereocenters. The maximum atomic E-state index is 11.6. The minimum absolute atomic E-state index is 0.347. The van der Waals surface area contributed by atoms with E-state index in [2.05, 4.69) is 10.6 Å². The van der Waals surface area contributed by atoms with Crippen LogP contribution in [0.2, 0.25) is 0 Å². The van der Waals surface area contributed by atoms with E-state index in [1.54, 1.807) is 6.07 Å². The molecule has 3 N–H and O–H groups in total. The maximum Gasteiger partial charge on any atom is 0.322 e. The summed E-state index contributed by atoms with van der Waals surface area (Å²) in [6.07, 6.45) is 2.00. The number of aryl methyl sites for hydroxylation is 1. The quantitative estimate of drug-likeness (QED) is 0.724. The van der Waals surface area contributed by atoms with Crippen molar-refractivity contribution in [2.75, 3.05) is 18.4 Å². The first-order valence-electron chi connectivity index (χ1n) is 5.53. The zero-order valence-electron chi connectivity index (χ0n) is 9.32. The number of carbonyl (C=O) groups is 2. The molecule has 5 heteroatoms. The second kappa shape index (κ2) is 4.86. The van der Waals surface area contributed by atoms with E-state index in [4.69, 9.17) is 5.11 Å². The van der Waals surface area contributed by atoms with Gasteiger partial charge in [-0.3, -0.25) is 9.59 Å². The molecule has 90 valence electrons. The first-order valence-corrected chi connectivity index (χ1v) is 5.53. The lowest BCUT2D eigenvalue weighted by molar-refractivity contribution is -0.135. The molecular weight excluding hydrogens is 220 g/mol. The lowest BCUT2D eigenvalue weighted by Crippen LogP contribution is -2.29. The second-order valence-electron chi connectivity index (χ2n) is 3.98. The molecule has 1 aliphatic rings. The van der Waals surface area contributed by atoms with E-state index < -0.39 is 5.97 Å². The number of fused-ring (bicyclic) bond motifs is 1. The predicted molar refractivity (Wildman–Crippen MR) is 63.2 cm³/mol. The molecule has 0 saturated carbocycles. The highest BCUT2D eigenvalue weighted by atomic mass is 16.4. The van der Waals surface area contributed by atoms with Crippen molar-refractivity contribution in [2.24, 2.45) is 0 Å². The van der Waals surface area contributed by atoms with Gasteiger partial charge >= 0.3 is 5.97 Å². The van der Waals surface area contributed by atoms with Crippen molar-refractivity contribution < 1.29 is 14.7 Å². The van der Waals surface area contributed by atoms with Crippen LogP contribution >= 0.6 is 0 Å². The Labute approximate surface area is 98.8 Å². The molecule has 0 aliphatic carbocycles. The van der Waals surface area contributed by atoms with E-state index in [-0.39, 0.29) is 12.5 Å². The van der Waals surface area contributed by atoms with Gasteiger partial charge < -0.3 is 15.7 Å². The minimum atomic E-state index is -1.04. The predicted octanol–water partition coefficient (Wildman–Crippen LogP) is 0.859. The smallest absolute Gasteiger partial charge is 0.322 e. The van der Waals surface area contributed by atoms with Crippen LogP contribution in [0, 0.1) is 0 Å². The average molecular weight is 234 g/mol. The van der Waals surface area contributed by atoms with Crippen LogP contribution in [-0.2, 0) is 11.2 Å². The summed E-state index contributed by atoms with van der Waals surface area (Å²) in [6, 6.07) is 5.39. The number of nitrogens with one attached hydrogen (secondary N) is 2. The molecule has 5 nitrogen and oxygen atoms in total. The van der Waals surface area contributed by atoms with Crippen molar-refractivity contribution >= 4 is 17.6 Å². The van der Waals surface area contributed by atoms with Gasteiger partial charge in [0.15, 0.2) is 0 Å². The van der Waals surface area contributed by atoms with Crippen LogP contribution in [0.4, 0.5) is 5.69 Å². The fourth-order valence-electron chi connectivity index (χ4n) is 1.87. The third-order valence-electron chi connectivity index (χ3n) is 2.71. The Morgan fingerprint density at radius 2 is 2.24 bits per heavy atom. The number of amides is 1. The van der Waals surface area contributed by atoms with Crippen molar-refractivity contribution in [3.63, 3.8) is 0 Å². The molecule has 2 rings (SSSR count). The van der Waals surface area contributed by atoms with Crippen molar-refractivity contribution in [1.29, 1.82) is 0 Å². The number of aliphatic carboxylic acids is 1. The first kappa shape index (κ1) is 11.4. The van der Waals surface area contributed by atoms with Crippen LogP contribution < -0.4 is 10.6 Å². The monoisotopic (exact) mass is 234 g/mol. The number of carboxylic acid groups (broad SMARTS) is 1. The summed E-state index contributed by atoms with van der Waals surface area (Å²) >= 11 is 0. The first-order chi connectivity index (χ1) is 8.16. The fraction of sp³-hybridized carbons (Fsp3) is 0.333. The van der Waals surface area contributed by atoms with E-state index >= 15 is 0 Å². The number of anilines is 1. The Bertz CT molecular complexity index is 457. The highest BCUT2D eigenvalue weighted by Crippen LogP contribution is 2.22. The van der Waals surface area contributed by atoms with E-state index in [1.807, 2.05) is 12.1 Å². The summed E-state index contributed by atoms with van der Waals surface area (Å²) in [6.45, 7) is 0.603. The number of rotatable bonds is 3. The molecule has 0 fully saturated rings. The van der Waals surface area contributed by atoms with E-state index in [0.717, 1.165) is 30.6 Å². The van der Waals surface area contributed by atoms with Gasteiger partial charge in [0.05, 0.1) is 0 Å². The maximum absolute atomic E-state index is 11.6. The van der Waals surface area contributed by atoms with Crippen LogP contribution in [-0.4, -0.2) is 30.1 Å². The Hall–Kier alpha value is -2.04. The summed E-state index contributed by atoms with van der Waals surface area (Å²) in [5.41, 5.74) is 2.68. The Morgan fingerprint density at radius 3 is 3.00 bits per heavy atom. The van der Waals surface area contributed by atoms with Gasteiger partial charge in [-0.05, 0) is 36.6 Å². The molecule has 17 heavy (non-hydrogen) atoms.